The van der Waals surface area contributed by atoms with Crippen LogP contribution in [0.1, 0.15) is 22.3 Å². The third-order valence-corrected chi connectivity index (χ3v) is 5.72. The molecule has 0 fully saturated rings. The lowest BCUT2D eigenvalue weighted by atomic mass is 10.1. The van der Waals surface area contributed by atoms with E-state index in [9.17, 15) is 9.59 Å². The first-order valence-corrected chi connectivity index (χ1v) is 11.3. The maximum Gasteiger partial charge on any atom is 0.251 e. The van der Waals surface area contributed by atoms with E-state index in [1.165, 1.54) is 11.3 Å². The van der Waals surface area contributed by atoms with Gasteiger partial charge in [-0.05, 0) is 37.5 Å². The molecule has 6 nitrogen and oxygen atoms in total. The van der Waals surface area contributed by atoms with Crippen molar-refractivity contribution < 1.29 is 9.59 Å². The van der Waals surface area contributed by atoms with Crippen LogP contribution in [0.5, 0.6) is 0 Å². The van der Waals surface area contributed by atoms with Gasteiger partial charge in [0.1, 0.15) is 11.0 Å². The summed E-state index contributed by atoms with van der Waals surface area (Å²) in [4.78, 5) is 25.4. The van der Waals surface area contributed by atoms with E-state index in [2.05, 4.69) is 20.8 Å². The molecular weight excluding hydrogens is 404 g/mol. The quantitative estimate of drug-likeness (QED) is 0.569. The number of hydrogen-bond acceptors (Lipinski definition) is 6. The summed E-state index contributed by atoms with van der Waals surface area (Å²) < 4.78 is 0. The van der Waals surface area contributed by atoms with E-state index in [-0.39, 0.29) is 11.8 Å². The Hall–Kier alpha value is -2.71. The number of nitrogens with zero attached hydrogens (tertiary/aromatic N) is 2. The van der Waals surface area contributed by atoms with Crippen LogP contribution in [-0.2, 0) is 4.79 Å². The fourth-order valence-electron chi connectivity index (χ4n) is 2.70. The molecule has 1 heterocycles. The molecule has 0 saturated heterocycles. The third kappa shape index (κ3) is 5.88. The van der Waals surface area contributed by atoms with Gasteiger partial charge in [-0.2, -0.15) is 11.8 Å². The van der Waals surface area contributed by atoms with Crippen molar-refractivity contribution in [3.8, 4) is 10.6 Å². The van der Waals surface area contributed by atoms with Crippen LogP contribution in [0.15, 0.2) is 54.6 Å². The Bertz CT molecular complexity index is 976. The van der Waals surface area contributed by atoms with Gasteiger partial charge < -0.3 is 5.32 Å². The van der Waals surface area contributed by atoms with Gasteiger partial charge in [0.05, 0.1) is 0 Å². The van der Waals surface area contributed by atoms with E-state index in [0.29, 0.717) is 17.1 Å². The molecule has 0 saturated carbocycles. The predicted octanol–water partition coefficient (Wildman–Crippen LogP) is 4.00. The molecule has 29 heavy (non-hydrogen) atoms. The lowest BCUT2D eigenvalue weighted by molar-refractivity contribution is -0.118. The average molecular weight is 427 g/mol. The number of rotatable bonds is 8. The molecule has 1 unspecified atom stereocenters. The van der Waals surface area contributed by atoms with E-state index in [4.69, 9.17) is 0 Å². The number of carbonyl (C=O) groups excluding carboxylic acids is 2. The fraction of sp³-hybridized carbons (Fsp3) is 0.238. The number of hydrogen-bond donors (Lipinski definition) is 2. The summed E-state index contributed by atoms with van der Waals surface area (Å²) >= 11 is 2.92. The van der Waals surface area contributed by atoms with Gasteiger partial charge >= 0.3 is 0 Å². The molecular formula is C21H22N4O2S2. The third-order valence-electron chi connectivity index (χ3n) is 4.19. The van der Waals surface area contributed by atoms with Gasteiger partial charge in [-0.25, -0.2) is 0 Å². The molecule has 2 aromatic carbocycles. The molecule has 0 aliphatic carbocycles. The lowest BCUT2D eigenvalue weighted by Gasteiger charge is -2.17. The van der Waals surface area contributed by atoms with Crippen LogP contribution in [0.2, 0.25) is 0 Å². The molecule has 2 N–H and O–H groups in total. The molecule has 0 bridgehead atoms. The Morgan fingerprint density at radius 1 is 1.10 bits per heavy atom. The Morgan fingerprint density at radius 3 is 2.62 bits per heavy atom. The lowest BCUT2D eigenvalue weighted by Crippen LogP contribution is -2.44. The average Bonchev–Trinajstić information content (AvgIpc) is 3.20. The largest absolute Gasteiger partial charge is 0.340 e. The summed E-state index contributed by atoms with van der Waals surface area (Å²) in [6.07, 6.45) is 2.49. The van der Waals surface area contributed by atoms with Gasteiger partial charge in [-0.3, -0.25) is 14.9 Å². The summed E-state index contributed by atoms with van der Waals surface area (Å²) in [5.74, 6) is 0.186. The Labute approximate surface area is 178 Å². The van der Waals surface area contributed by atoms with Crippen LogP contribution in [0.25, 0.3) is 10.6 Å². The second kappa shape index (κ2) is 10.2. The minimum atomic E-state index is -0.653. The van der Waals surface area contributed by atoms with Crippen LogP contribution >= 0.6 is 23.1 Å². The van der Waals surface area contributed by atoms with Crippen LogP contribution < -0.4 is 10.6 Å². The summed E-state index contributed by atoms with van der Waals surface area (Å²) in [5, 5.41) is 15.0. The molecule has 150 valence electrons. The van der Waals surface area contributed by atoms with Gasteiger partial charge in [0.2, 0.25) is 11.0 Å². The van der Waals surface area contributed by atoms with Crippen LogP contribution in [0.3, 0.4) is 0 Å². The number of nitrogens with one attached hydrogen (secondary N) is 2. The molecule has 3 rings (SSSR count). The summed E-state index contributed by atoms with van der Waals surface area (Å²) in [6, 6.07) is 16.3. The number of benzene rings is 2. The molecule has 0 spiro atoms. The van der Waals surface area contributed by atoms with Crippen LogP contribution in [0.4, 0.5) is 5.13 Å². The van der Waals surface area contributed by atoms with E-state index in [1.807, 2.05) is 55.6 Å². The number of anilines is 1. The maximum atomic E-state index is 12.8. The highest BCUT2D eigenvalue weighted by atomic mass is 32.2. The second-order valence-electron chi connectivity index (χ2n) is 6.44. The molecule has 0 aliphatic heterocycles. The second-order valence-corrected chi connectivity index (χ2v) is 8.41. The van der Waals surface area contributed by atoms with Crippen molar-refractivity contribution in [1.82, 2.24) is 15.5 Å². The van der Waals surface area contributed by atoms with Crippen molar-refractivity contribution >= 4 is 40.0 Å². The zero-order valence-corrected chi connectivity index (χ0v) is 17.8. The molecule has 2 amide bonds. The van der Waals surface area contributed by atoms with Crippen molar-refractivity contribution in [2.24, 2.45) is 0 Å². The van der Waals surface area contributed by atoms with Gasteiger partial charge in [0.25, 0.3) is 5.91 Å². The summed E-state index contributed by atoms with van der Waals surface area (Å²) in [6.45, 7) is 1.93. The number of aromatic nitrogens is 2. The molecule has 1 atom stereocenters. The van der Waals surface area contributed by atoms with Crippen LogP contribution in [0, 0.1) is 6.92 Å². The highest BCUT2D eigenvalue weighted by Gasteiger charge is 2.22. The Kier molecular flexibility index (Phi) is 7.37. The number of carbonyl (C=O) groups is 2. The van der Waals surface area contributed by atoms with Gasteiger partial charge in [-0.15, -0.1) is 10.2 Å². The topological polar surface area (TPSA) is 84.0 Å². The molecule has 0 radical (unpaired) electrons. The predicted molar refractivity (Wildman–Crippen MR) is 119 cm³/mol. The van der Waals surface area contributed by atoms with Gasteiger partial charge in [0.15, 0.2) is 0 Å². The highest BCUT2D eigenvalue weighted by molar-refractivity contribution is 7.98. The first-order chi connectivity index (χ1) is 14.1. The summed E-state index contributed by atoms with van der Waals surface area (Å²) in [5.41, 5.74) is 2.47. The van der Waals surface area contributed by atoms with Crippen LogP contribution in [-0.4, -0.2) is 40.1 Å². The van der Waals surface area contributed by atoms with E-state index < -0.39 is 6.04 Å². The van der Waals surface area contributed by atoms with E-state index >= 15 is 0 Å². The SMILES string of the molecule is CSCCC(NC(=O)c1cccc(C)c1)C(=O)Nc1nnc(-c2ccccc2)s1. The fourth-order valence-corrected chi connectivity index (χ4v) is 3.92. The van der Waals surface area contributed by atoms with Gasteiger partial charge in [0, 0.05) is 11.1 Å². The maximum absolute atomic E-state index is 12.8. The molecule has 3 aromatic rings. The molecule has 8 heteroatoms. The smallest absolute Gasteiger partial charge is 0.251 e. The highest BCUT2D eigenvalue weighted by Crippen LogP contribution is 2.26. The van der Waals surface area contributed by atoms with E-state index in [0.717, 1.165) is 21.9 Å². The monoisotopic (exact) mass is 426 g/mol. The standard InChI is InChI=1S/C21H22N4O2S2/c1-14-7-6-10-16(13-14)18(26)22-17(11-12-28-2)19(27)23-21-25-24-20(29-21)15-8-4-3-5-9-15/h3-10,13,17H,11-12H2,1-2H3,(H,22,26)(H,23,25,27). The van der Waals surface area contributed by atoms with Gasteiger partial charge in [-0.1, -0.05) is 59.4 Å². The van der Waals surface area contributed by atoms with Crippen molar-refractivity contribution in [1.29, 1.82) is 0 Å². The zero-order valence-electron chi connectivity index (χ0n) is 16.2. The van der Waals surface area contributed by atoms with Crippen molar-refractivity contribution in [3.63, 3.8) is 0 Å². The Balaban J connectivity index is 1.69. The minimum Gasteiger partial charge on any atom is -0.340 e. The first-order valence-electron chi connectivity index (χ1n) is 9.13. The molecule has 1 aromatic heterocycles. The number of thioether (sulfide) groups is 1. The van der Waals surface area contributed by atoms with Crippen molar-refractivity contribution in [3.05, 3.63) is 65.7 Å². The first kappa shape index (κ1) is 21.0. The van der Waals surface area contributed by atoms with E-state index in [1.54, 1.807) is 23.9 Å². The minimum absolute atomic E-state index is 0.266. The zero-order chi connectivity index (χ0) is 20.6. The normalized spacial score (nSPS) is 11.7. The number of amides is 2. The molecule has 0 aliphatic rings. The number of aryl methyl sites for hydroxylation is 1. The summed E-state index contributed by atoms with van der Waals surface area (Å²) in [7, 11) is 0. The van der Waals surface area contributed by atoms with Crippen molar-refractivity contribution in [2.45, 2.75) is 19.4 Å². The van der Waals surface area contributed by atoms with Crippen molar-refractivity contribution in [2.75, 3.05) is 17.3 Å². The Morgan fingerprint density at radius 2 is 1.90 bits per heavy atom.